The number of benzene rings is 2. The maximum Gasteiger partial charge on any atom is 0.339 e. The maximum atomic E-state index is 12.0. The van der Waals surface area contributed by atoms with Crippen molar-refractivity contribution in [3.05, 3.63) is 75.3 Å². The number of hydrogen-bond acceptors (Lipinski definition) is 5. The van der Waals surface area contributed by atoms with Crippen molar-refractivity contribution in [2.45, 2.75) is 19.8 Å². The van der Waals surface area contributed by atoms with Crippen LogP contribution in [0, 0.1) is 17.0 Å². The highest BCUT2D eigenvalue weighted by atomic mass is 16.6. The molecule has 0 aliphatic heterocycles. The minimum Gasteiger partial charge on any atom is -0.452 e. The average Bonchev–Trinajstić information content (AvgIpc) is 2.64. The molecule has 0 spiro atoms. The number of carbonyl (C=O) groups excluding carboxylic acids is 2. The Morgan fingerprint density at radius 3 is 2.54 bits per heavy atom. The van der Waals surface area contributed by atoms with Crippen LogP contribution < -0.4 is 5.32 Å². The fourth-order valence-corrected chi connectivity index (χ4v) is 2.47. The topological polar surface area (TPSA) is 98.5 Å². The number of carbonyl (C=O) groups is 2. The lowest BCUT2D eigenvalue weighted by Crippen LogP contribution is -2.30. The summed E-state index contributed by atoms with van der Waals surface area (Å²) < 4.78 is 4.95. The average molecular weight is 356 g/mol. The van der Waals surface area contributed by atoms with Gasteiger partial charge in [0.1, 0.15) is 0 Å². The highest BCUT2D eigenvalue weighted by Crippen LogP contribution is 2.21. The Labute approximate surface area is 151 Å². The third-order valence-electron chi connectivity index (χ3n) is 3.86. The molecular weight excluding hydrogens is 336 g/mol. The Balaban J connectivity index is 1.76. The molecule has 0 saturated heterocycles. The van der Waals surface area contributed by atoms with E-state index in [1.54, 1.807) is 0 Å². The SMILES string of the molecule is Cc1c(C(=O)OCC(=O)NCCCc2ccccc2)cccc1[N+](=O)[O-]. The van der Waals surface area contributed by atoms with Crippen LogP contribution in [-0.4, -0.2) is 30.0 Å². The van der Waals surface area contributed by atoms with Crippen molar-refractivity contribution < 1.29 is 19.2 Å². The summed E-state index contributed by atoms with van der Waals surface area (Å²) in [7, 11) is 0. The molecule has 7 heteroatoms. The maximum absolute atomic E-state index is 12.0. The van der Waals surface area contributed by atoms with E-state index in [1.807, 2.05) is 30.3 Å². The number of esters is 1. The van der Waals surface area contributed by atoms with Crippen LogP contribution in [0.2, 0.25) is 0 Å². The Morgan fingerprint density at radius 1 is 1.12 bits per heavy atom. The Morgan fingerprint density at radius 2 is 1.85 bits per heavy atom. The van der Waals surface area contributed by atoms with Crippen molar-refractivity contribution in [1.29, 1.82) is 0 Å². The standard InChI is InChI=1S/C19H20N2O5/c1-14-16(10-5-11-17(14)21(24)25)19(23)26-13-18(22)20-12-6-9-15-7-3-2-4-8-15/h2-5,7-8,10-11H,6,9,12-13H2,1H3,(H,20,22). The van der Waals surface area contributed by atoms with E-state index in [2.05, 4.69) is 5.32 Å². The second-order valence-electron chi connectivity index (χ2n) is 5.72. The first-order chi connectivity index (χ1) is 12.5. The molecule has 0 aliphatic carbocycles. The van der Waals surface area contributed by atoms with Crippen LogP contribution in [0.4, 0.5) is 5.69 Å². The predicted molar refractivity (Wildman–Crippen MR) is 95.9 cm³/mol. The van der Waals surface area contributed by atoms with Gasteiger partial charge in [0.2, 0.25) is 0 Å². The van der Waals surface area contributed by atoms with Gasteiger partial charge in [-0.2, -0.15) is 0 Å². The first-order valence-corrected chi connectivity index (χ1v) is 8.21. The molecule has 0 heterocycles. The first kappa shape index (κ1) is 19.1. The fourth-order valence-electron chi connectivity index (χ4n) is 2.47. The minimum absolute atomic E-state index is 0.0797. The summed E-state index contributed by atoms with van der Waals surface area (Å²) in [5.41, 5.74) is 1.32. The lowest BCUT2D eigenvalue weighted by atomic mass is 10.1. The predicted octanol–water partition coefficient (Wildman–Crippen LogP) is 2.81. The molecule has 0 aromatic heterocycles. The van der Waals surface area contributed by atoms with Crippen LogP contribution in [0.5, 0.6) is 0 Å². The molecule has 0 fully saturated rings. The van der Waals surface area contributed by atoms with Crippen LogP contribution >= 0.6 is 0 Å². The number of ether oxygens (including phenoxy) is 1. The van der Waals surface area contributed by atoms with Crippen LogP contribution in [0.25, 0.3) is 0 Å². The highest BCUT2D eigenvalue weighted by Gasteiger charge is 2.19. The van der Waals surface area contributed by atoms with E-state index in [1.165, 1.54) is 30.7 Å². The number of nitrogens with zero attached hydrogens (tertiary/aromatic N) is 1. The summed E-state index contributed by atoms with van der Waals surface area (Å²) in [5.74, 6) is -1.17. The number of amides is 1. The van der Waals surface area contributed by atoms with Crippen molar-refractivity contribution in [1.82, 2.24) is 5.32 Å². The molecule has 26 heavy (non-hydrogen) atoms. The van der Waals surface area contributed by atoms with Gasteiger partial charge in [-0.1, -0.05) is 36.4 Å². The lowest BCUT2D eigenvalue weighted by Gasteiger charge is -2.08. The molecule has 0 saturated carbocycles. The molecule has 2 aromatic rings. The van der Waals surface area contributed by atoms with Gasteiger partial charge in [-0.25, -0.2) is 4.79 Å². The summed E-state index contributed by atoms with van der Waals surface area (Å²) in [6.45, 7) is 1.52. The number of aryl methyl sites for hydroxylation is 1. The molecule has 136 valence electrons. The van der Waals surface area contributed by atoms with Crippen LogP contribution in [0.15, 0.2) is 48.5 Å². The number of nitro groups is 1. The molecule has 0 bridgehead atoms. The molecule has 2 aromatic carbocycles. The van der Waals surface area contributed by atoms with E-state index in [0.717, 1.165) is 12.8 Å². The molecule has 0 aliphatic rings. The van der Waals surface area contributed by atoms with Crippen molar-refractivity contribution in [3.63, 3.8) is 0 Å². The number of nitro benzene ring substituents is 1. The van der Waals surface area contributed by atoms with E-state index in [-0.39, 0.29) is 16.8 Å². The summed E-state index contributed by atoms with van der Waals surface area (Å²) in [5, 5.41) is 13.6. The second-order valence-corrected chi connectivity index (χ2v) is 5.72. The fraction of sp³-hybridized carbons (Fsp3) is 0.263. The molecule has 1 amide bonds. The van der Waals surface area contributed by atoms with Gasteiger partial charge < -0.3 is 10.1 Å². The normalized spacial score (nSPS) is 10.2. The van der Waals surface area contributed by atoms with Crippen LogP contribution in [0.1, 0.15) is 27.9 Å². The van der Waals surface area contributed by atoms with E-state index in [0.29, 0.717) is 6.54 Å². The highest BCUT2D eigenvalue weighted by molar-refractivity contribution is 5.93. The Hall–Kier alpha value is -3.22. The zero-order valence-corrected chi connectivity index (χ0v) is 14.4. The lowest BCUT2D eigenvalue weighted by molar-refractivity contribution is -0.385. The Kier molecular flexibility index (Phi) is 6.84. The Bertz CT molecular complexity index is 790. The molecule has 1 N–H and O–H groups in total. The molecule has 7 nitrogen and oxygen atoms in total. The van der Waals surface area contributed by atoms with Gasteiger partial charge in [-0.15, -0.1) is 0 Å². The second kappa shape index (κ2) is 9.31. The first-order valence-electron chi connectivity index (χ1n) is 8.21. The van der Waals surface area contributed by atoms with Gasteiger partial charge >= 0.3 is 5.97 Å². The van der Waals surface area contributed by atoms with Gasteiger partial charge in [-0.05, 0) is 31.4 Å². The summed E-state index contributed by atoms with van der Waals surface area (Å²) in [6, 6.07) is 14.1. The summed E-state index contributed by atoms with van der Waals surface area (Å²) in [6.07, 6.45) is 1.61. The van der Waals surface area contributed by atoms with E-state index < -0.39 is 23.4 Å². The van der Waals surface area contributed by atoms with Gasteiger partial charge in [0.25, 0.3) is 11.6 Å². The molecule has 0 unspecified atom stereocenters. The van der Waals surface area contributed by atoms with Gasteiger partial charge in [0.05, 0.1) is 10.5 Å². The van der Waals surface area contributed by atoms with Crippen molar-refractivity contribution in [3.8, 4) is 0 Å². The quantitative estimate of drug-likeness (QED) is 0.339. The molecule has 0 atom stereocenters. The van der Waals surface area contributed by atoms with Crippen LogP contribution in [0.3, 0.4) is 0 Å². The number of nitrogens with one attached hydrogen (secondary N) is 1. The number of rotatable bonds is 8. The third-order valence-corrected chi connectivity index (χ3v) is 3.86. The summed E-state index contributed by atoms with van der Waals surface area (Å²) >= 11 is 0. The zero-order valence-electron chi connectivity index (χ0n) is 14.4. The van der Waals surface area contributed by atoms with Crippen LogP contribution in [-0.2, 0) is 16.0 Å². The minimum atomic E-state index is -0.759. The monoisotopic (exact) mass is 356 g/mol. The van der Waals surface area contributed by atoms with E-state index in [9.17, 15) is 19.7 Å². The van der Waals surface area contributed by atoms with E-state index >= 15 is 0 Å². The van der Waals surface area contributed by atoms with Gasteiger partial charge in [0.15, 0.2) is 6.61 Å². The summed E-state index contributed by atoms with van der Waals surface area (Å²) in [4.78, 5) is 34.1. The molecule has 0 radical (unpaired) electrons. The van der Waals surface area contributed by atoms with E-state index in [4.69, 9.17) is 4.74 Å². The zero-order chi connectivity index (χ0) is 18.9. The largest absolute Gasteiger partial charge is 0.452 e. The number of hydrogen-bond donors (Lipinski definition) is 1. The van der Waals surface area contributed by atoms with Crippen molar-refractivity contribution >= 4 is 17.6 Å². The molecular formula is C19H20N2O5. The molecule has 2 rings (SSSR count). The van der Waals surface area contributed by atoms with Crippen molar-refractivity contribution in [2.75, 3.05) is 13.2 Å². The van der Waals surface area contributed by atoms with Gasteiger partial charge in [0, 0.05) is 18.2 Å². The smallest absolute Gasteiger partial charge is 0.339 e. The third kappa shape index (κ3) is 5.41. The van der Waals surface area contributed by atoms with Gasteiger partial charge in [-0.3, -0.25) is 14.9 Å². The van der Waals surface area contributed by atoms with Crippen molar-refractivity contribution in [2.24, 2.45) is 0 Å².